The fourth-order valence-electron chi connectivity index (χ4n) is 1.49. The van der Waals surface area contributed by atoms with Crippen LogP contribution in [0.5, 0.6) is 5.75 Å². The summed E-state index contributed by atoms with van der Waals surface area (Å²) in [6.45, 7) is 1.94. The summed E-state index contributed by atoms with van der Waals surface area (Å²) in [7, 11) is 1.58. The minimum absolute atomic E-state index is 0.348. The van der Waals surface area contributed by atoms with Crippen LogP contribution in [0.25, 0.3) is 11.3 Å². The van der Waals surface area contributed by atoms with Gasteiger partial charge in [0.1, 0.15) is 5.75 Å². The predicted octanol–water partition coefficient (Wildman–Crippen LogP) is 2.89. The maximum Gasteiger partial charge on any atom is 0.169 e. The number of rotatable bonds is 2. The first-order valence-corrected chi connectivity index (χ1v) is 5.06. The van der Waals surface area contributed by atoms with Gasteiger partial charge in [0.15, 0.2) is 11.6 Å². The zero-order valence-electron chi connectivity index (χ0n) is 8.95. The molecule has 0 bridgehead atoms. The van der Waals surface area contributed by atoms with Crippen LogP contribution >= 0.6 is 11.6 Å². The van der Waals surface area contributed by atoms with Crippen molar-refractivity contribution in [2.45, 2.75) is 6.92 Å². The van der Waals surface area contributed by atoms with Crippen molar-refractivity contribution in [3.63, 3.8) is 0 Å². The monoisotopic (exact) mass is 238 g/mol. The number of ether oxygens (including phenoxy) is 1. The Bertz CT molecular complexity index is 523. The number of hydrogen-bond donors (Lipinski definition) is 1. The van der Waals surface area contributed by atoms with Crippen LogP contribution in [0.15, 0.2) is 22.7 Å². The van der Waals surface area contributed by atoms with E-state index in [2.05, 4.69) is 5.16 Å². The van der Waals surface area contributed by atoms with Crippen LogP contribution in [0, 0.1) is 6.92 Å². The maximum absolute atomic E-state index is 6.04. The number of nitrogens with zero attached hydrogens (tertiary/aromatic N) is 1. The zero-order chi connectivity index (χ0) is 11.7. The van der Waals surface area contributed by atoms with E-state index in [-0.39, 0.29) is 0 Å². The Labute approximate surface area is 97.9 Å². The molecule has 5 heteroatoms. The fourth-order valence-corrected chi connectivity index (χ4v) is 1.73. The second-order valence-electron chi connectivity index (χ2n) is 3.42. The van der Waals surface area contributed by atoms with Gasteiger partial charge in [-0.25, -0.2) is 0 Å². The number of aryl methyl sites for hydroxylation is 1. The molecular formula is C11H11ClN2O2. The second-order valence-corrected chi connectivity index (χ2v) is 3.82. The smallest absolute Gasteiger partial charge is 0.169 e. The summed E-state index contributed by atoms with van der Waals surface area (Å²) in [6.07, 6.45) is 0. The number of aromatic nitrogens is 1. The van der Waals surface area contributed by atoms with Gasteiger partial charge in [-0.1, -0.05) is 16.8 Å². The number of anilines is 1. The molecule has 4 nitrogen and oxygen atoms in total. The summed E-state index contributed by atoms with van der Waals surface area (Å²) >= 11 is 6.04. The Balaban J connectivity index is 2.54. The summed E-state index contributed by atoms with van der Waals surface area (Å²) in [4.78, 5) is 0. The van der Waals surface area contributed by atoms with Crippen LogP contribution in [0.2, 0.25) is 5.02 Å². The van der Waals surface area contributed by atoms with Crippen molar-refractivity contribution in [3.8, 4) is 17.1 Å². The van der Waals surface area contributed by atoms with E-state index in [1.54, 1.807) is 19.2 Å². The van der Waals surface area contributed by atoms with Crippen LogP contribution in [0.1, 0.15) is 5.56 Å². The average molecular weight is 239 g/mol. The van der Waals surface area contributed by atoms with Crippen LogP contribution in [-0.4, -0.2) is 12.3 Å². The number of nitrogens with two attached hydrogens (primary N) is 1. The molecule has 0 saturated carbocycles. The number of methoxy groups -OCH3 is 1. The first-order chi connectivity index (χ1) is 7.61. The topological polar surface area (TPSA) is 61.3 Å². The predicted molar refractivity (Wildman–Crippen MR) is 62.7 cm³/mol. The minimum atomic E-state index is 0.348. The molecule has 1 heterocycles. The highest BCUT2D eigenvalue weighted by atomic mass is 35.5. The van der Waals surface area contributed by atoms with E-state index in [1.165, 1.54) is 0 Å². The molecule has 0 aliphatic rings. The van der Waals surface area contributed by atoms with E-state index in [9.17, 15) is 0 Å². The number of nitrogen functional groups attached to an aromatic ring is 1. The highest BCUT2D eigenvalue weighted by molar-refractivity contribution is 6.32. The third-order valence-corrected chi connectivity index (χ3v) is 2.59. The Morgan fingerprint density at radius 3 is 2.69 bits per heavy atom. The Kier molecular flexibility index (Phi) is 2.75. The largest absolute Gasteiger partial charge is 0.495 e. The van der Waals surface area contributed by atoms with Crippen LogP contribution in [-0.2, 0) is 0 Å². The standard InChI is InChI=1S/C11H11ClN2O2/c1-6-3-10(15-2)8(12)4-7(6)9-5-11(13)14-16-9/h3-5H,1-2H3,(H2,13,14). The van der Waals surface area contributed by atoms with E-state index >= 15 is 0 Å². The first-order valence-electron chi connectivity index (χ1n) is 4.68. The van der Waals surface area contributed by atoms with Gasteiger partial charge in [0.25, 0.3) is 0 Å². The van der Waals surface area contributed by atoms with Crippen molar-refractivity contribution in [3.05, 3.63) is 28.8 Å². The van der Waals surface area contributed by atoms with Gasteiger partial charge in [-0.2, -0.15) is 0 Å². The normalized spacial score (nSPS) is 10.4. The van der Waals surface area contributed by atoms with Gasteiger partial charge in [-0.05, 0) is 24.6 Å². The molecule has 0 radical (unpaired) electrons. The SMILES string of the molecule is COc1cc(C)c(-c2cc(N)no2)cc1Cl. The van der Waals surface area contributed by atoms with Gasteiger partial charge >= 0.3 is 0 Å². The molecule has 0 atom stereocenters. The molecule has 0 aliphatic heterocycles. The highest BCUT2D eigenvalue weighted by Crippen LogP contribution is 2.33. The number of halogens is 1. The molecule has 0 saturated heterocycles. The van der Waals surface area contributed by atoms with Crippen molar-refractivity contribution in [2.75, 3.05) is 12.8 Å². The molecule has 2 N–H and O–H groups in total. The fraction of sp³-hybridized carbons (Fsp3) is 0.182. The molecule has 0 spiro atoms. The highest BCUT2D eigenvalue weighted by Gasteiger charge is 2.11. The molecule has 16 heavy (non-hydrogen) atoms. The van der Waals surface area contributed by atoms with Crippen LogP contribution in [0.3, 0.4) is 0 Å². The third-order valence-electron chi connectivity index (χ3n) is 2.29. The zero-order valence-corrected chi connectivity index (χ0v) is 9.71. The van der Waals surface area contributed by atoms with Gasteiger partial charge in [0.05, 0.1) is 12.1 Å². The van der Waals surface area contributed by atoms with Crippen molar-refractivity contribution in [1.29, 1.82) is 0 Å². The molecular weight excluding hydrogens is 228 g/mol. The lowest BCUT2D eigenvalue weighted by atomic mass is 10.1. The quantitative estimate of drug-likeness (QED) is 0.874. The van der Waals surface area contributed by atoms with Gasteiger partial charge in [-0.3, -0.25) is 0 Å². The summed E-state index contributed by atoms with van der Waals surface area (Å²) in [5.41, 5.74) is 7.34. The Hall–Kier alpha value is -1.68. The first kappa shape index (κ1) is 10.8. The van der Waals surface area contributed by atoms with Crippen molar-refractivity contribution >= 4 is 17.4 Å². The molecule has 0 fully saturated rings. The molecule has 84 valence electrons. The van der Waals surface area contributed by atoms with Gasteiger partial charge in [0.2, 0.25) is 0 Å². The summed E-state index contributed by atoms with van der Waals surface area (Å²) in [5, 5.41) is 4.16. The Morgan fingerprint density at radius 2 is 2.12 bits per heavy atom. The molecule has 0 amide bonds. The molecule has 0 aliphatic carbocycles. The van der Waals surface area contributed by atoms with E-state index in [0.717, 1.165) is 11.1 Å². The lowest BCUT2D eigenvalue weighted by molar-refractivity contribution is 0.414. The Morgan fingerprint density at radius 1 is 1.38 bits per heavy atom. The summed E-state index contributed by atoms with van der Waals surface area (Å²) < 4.78 is 10.2. The molecule has 2 rings (SSSR count). The minimum Gasteiger partial charge on any atom is -0.495 e. The van der Waals surface area contributed by atoms with E-state index in [1.807, 2.05) is 13.0 Å². The number of benzene rings is 1. The van der Waals surface area contributed by atoms with Crippen LogP contribution < -0.4 is 10.5 Å². The van der Waals surface area contributed by atoms with Crippen molar-refractivity contribution in [1.82, 2.24) is 5.16 Å². The van der Waals surface area contributed by atoms with Crippen molar-refractivity contribution < 1.29 is 9.26 Å². The number of hydrogen-bond acceptors (Lipinski definition) is 4. The lowest BCUT2D eigenvalue weighted by Crippen LogP contribution is -1.88. The van der Waals surface area contributed by atoms with Crippen molar-refractivity contribution in [2.24, 2.45) is 0 Å². The van der Waals surface area contributed by atoms with Gasteiger partial charge in [0, 0.05) is 11.6 Å². The molecule has 0 unspecified atom stereocenters. The van der Waals surface area contributed by atoms with Crippen LogP contribution in [0.4, 0.5) is 5.82 Å². The molecule has 2 aromatic rings. The lowest BCUT2D eigenvalue weighted by Gasteiger charge is -2.07. The molecule has 1 aromatic heterocycles. The van der Waals surface area contributed by atoms with E-state index in [4.69, 9.17) is 26.6 Å². The molecule has 1 aromatic carbocycles. The average Bonchev–Trinajstić information content (AvgIpc) is 2.67. The third kappa shape index (κ3) is 1.84. The summed E-state index contributed by atoms with van der Waals surface area (Å²) in [6, 6.07) is 5.27. The van der Waals surface area contributed by atoms with E-state index in [0.29, 0.717) is 22.4 Å². The van der Waals surface area contributed by atoms with E-state index < -0.39 is 0 Å². The van der Waals surface area contributed by atoms with Gasteiger partial charge < -0.3 is 15.0 Å². The van der Waals surface area contributed by atoms with Gasteiger partial charge in [-0.15, -0.1) is 0 Å². The second kappa shape index (κ2) is 4.06. The summed E-state index contributed by atoms with van der Waals surface area (Å²) in [5.74, 6) is 1.58. The maximum atomic E-state index is 6.04.